The Balaban J connectivity index is 1.37. The number of anilines is 1. The summed E-state index contributed by atoms with van der Waals surface area (Å²) in [6.45, 7) is 9.50. The molecule has 154 valence electrons. The minimum absolute atomic E-state index is 0.556. The number of hydrogen-bond acceptors (Lipinski definition) is 5. The van der Waals surface area contributed by atoms with Gasteiger partial charge in [-0.3, -0.25) is 4.68 Å². The lowest BCUT2D eigenvalue weighted by Crippen LogP contribution is -2.27. The van der Waals surface area contributed by atoms with Crippen molar-refractivity contribution in [3.8, 4) is 0 Å². The summed E-state index contributed by atoms with van der Waals surface area (Å²) in [6.07, 6.45) is 7.89. The number of pyridine rings is 1. The predicted molar refractivity (Wildman–Crippen MR) is 114 cm³/mol. The maximum atomic E-state index is 6.04. The van der Waals surface area contributed by atoms with Crippen molar-refractivity contribution in [1.82, 2.24) is 19.7 Å². The molecular formula is C22H35N5O. The van der Waals surface area contributed by atoms with E-state index in [1.807, 2.05) is 11.7 Å². The van der Waals surface area contributed by atoms with Gasteiger partial charge in [0, 0.05) is 32.1 Å². The van der Waals surface area contributed by atoms with E-state index in [9.17, 15) is 0 Å². The van der Waals surface area contributed by atoms with Gasteiger partial charge in [0.1, 0.15) is 5.82 Å². The van der Waals surface area contributed by atoms with E-state index < -0.39 is 0 Å². The zero-order valence-electron chi connectivity index (χ0n) is 17.6. The quantitative estimate of drug-likeness (QED) is 0.729. The van der Waals surface area contributed by atoms with Crippen LogP contribution < -0.4 is 4.90 Å². The lowest BCUT2D eigenvalue weighted by molar-refractivity contribution is 0.0786. The first-order chi connectivity index (χ1) is 13.7. The van der Waals surface area contributed by atoms with Crippen molar-refractivity contribution in [3.63, 3.8) is 0 Å². The van der Waals surface area contributed by atoms with Crippen LogP contribution >= 0.6 is 0 Å². The van der Waals surface area contributed by atoms with Crippen molar-refractivity contribution in [3.05, 3.63) is 17.8 Å². The standard InChI is InChI=1S/C22H35N5O/c1-18(15-26-11-7-8-12-26)16-28-17-20-19-9-10-21(23-22(19)25(2)24-20)27-13-5-3-4-6-14-27/h9-10,18H,3-8,11-17H2,1-2H3. The Morgan fingerprint density at radius 2 is 1.71 bits per heavy atom. The summed E-state index contributed by atoms with van der Waals surface area (Å²) >= 11 is 0. The molecule has 0 aliphatic carbocycles. The first kappa shape index (κ1) is 19.6. The highest BCUT2D eigenvalue weighted by molar-refractivity contribution is 5.80. The minimum atomic E-state index is 0.556. The van der Waals surface area contributed by atoms with Crippen LogP contribution in [0.3, 0.4) is 0 Å². The Bertz CT molecular complexity index is 760. The fourth-order valence-electron chi connectivity index (χ4n) is 4.59. The van der Waals surface area contributed by atoms with E-state index in [0.29, 0.717) is 12.5 Å². The van der Waals surface area contributed by atoms with Gasteiger partial charge in [-0.2, -0.15) is 5.10 Å². The molecule has 28 heavy (non-hydrogen) atoms. The van der Waals surface area contributed by atoms with E-state index in [0.717, 1.165) is 48.8 Å². The first-order valence-corrected chi connectivity index (χ1v) is 11.1. The van der Waals surface area contributed by atoms with Crippen LogP contribution in [-0.4, -0.2) is 59.0 Å². The monoisotopic (exact) mass is 385 g/mol. The molecule has 0 bridgehead atoms. The second-order valence-corrected chi connectivity index (χ2v) is 8.64. The number of rotatable bonds is 7. The Kier molecular flexibility index (Phi) is 6.47. The van der Waals surface area contributed by atoms with E-state index in [1.54, 1.807) is 0 Å². The van der Waals surface area contributed by atoms with Crippen LogP contribution in [0.5, 0.6) is 0 Å². The van der Waals surface area contributed by atoms with Crippen molar-refractivity contribution in [1.29, 1.82) is 0 Å². The third-order valence-electron chi connectivity index (χ3n) is 6.09. The highest BCUT2D eigenvalue weighted by Crippen LogP contribution is 2.23. The van der Waals surface area contributed by atoms with E-state index >= 15 is 0 Å². The second kappa shape index (κ2) is 9.23. The van der Waals surface area contributed by atoms with Gasteiger partial charge < -0.3 is 14.5 Å². The summed E-state index contributed by atoms with van der Waals surface area (Å²) in [4.78, 5) is 9.92. The van der Waals surface area contributed by atoms with Crippen molar-refractivity contribution >= 4 is 16.9 Å². The topological polar surface area (TPSA) is 46.4 Å². The molecule has 2 aliphatic rings. The third kappa shape index (κ3) is 4.66. The molecule has 0 saturated carbocycles. The molecule has 2 aliphatic heterocycles. The average molecular weight is 386 g/mol. The molecule has 0 amide bonds. The number of aromatic nitrogens is 3. The molecule has 6 heteroatoms. The van der Waals surface area contributed by atoms with Gasteiger partial charge in [0.15, 0.2) is 5.65 Å². The van der Waals surface area contributed by atoms with Crippen molar-refractivity contribution in [2.45, 2.75) is 52.1 Å². The summed E-state index contributed by atoms with van der Waals surface area (Å²) < 4.78 is 7.94. The van der Waals surface area contributed by atoms with Gasteiger partial charge in [0.2, 0.25) is 0 Å². The number of likely N-dealkylation sites (tertiary alicyclic amines) is 1. The molecule has 0 radical (unpaired) electrons. The predicted octanol–water partition coefficient (Wildman–Crippen LogP) is 3.60. The zero-order valence-corrected chi connectivity index (χ0v) is 17.6. The Morgan fingerprint density at radius 3 is 2.46 bits per heavy atom. The van der Waals surface area contributed by atoms with Gasteiger partial charge in [-0.05, 0) is 56.8 Å². The fraction of sp³-hybridized carbons (Fsp3) is 0.727. The summed E-state index contributed by atoms with van der Waals surface area (Å²) in [5, 5.41) is 5.81. The Labute approximate surface area is 168 Å². The lowest BCUT2D eigenvalue weighted by atomic mass is 10.2. The maximum Gasteiger partial charge on any atom is 0.160 e. The van der Waals surface area contributed by atoms with Crippen molar-refractivity contribution in [2.24, 2.45) is 13.0 Å². The van der Waals surface area contributed by atoms with Gasteiger partial charge in [-0.25, -0.2) is 4.98 Å². The summed E-state index contributed by atoms with van der Waals surface area (Å²) in [5.41, 5.74) is 1.96. The van der Waals surface area contributed by atoms with Crippen LogP contribution in [0.2, 0.25) is 0 Å². The van der Waals surface area contributed by atoms with Gasteiger partial charge >= 0.3 is 0 Å². The maximum absolute atomic E-state index is 6.04. The normalized spacial score (nSPS) is 20.0. The van der Waals surface area contributed by atoms with Crippen LogP contribution in [0.1, 0.15) is 51.1 Å². The van der Waals surface area contributed by atoms with Crippen molar-refractivity contribution in [2.75, 3.05) is 44.2 Å². The van der Waals surface area contributed by atoms with Gasteiger partial charge in [-0.1, -0.05) is 19.8 Å². The number of nitrogens with zero attached hydrogens (tertiary/aromatic N) is 5. The van der Waals surface area contributed by atoms with Crippen LogP contribution in [-0.2, 0) is 18.4 Å². The van der Waals surface area contributed by atoms with Crippen LogP contribution in [0.25, 0.3) is 11.0 Å². The van der Waals surface area contributed by atoms with Gasteiger partial charge in [-0.15, -0.1) is 0 Å². The SMILES string of the molecule is CC(COCc1nn(C)c2nc(N3CCCCCC3)ccc12)CN1CCCC1. The molecule has 4 heterocycles. The summed E-state index contributed by atoms with van der Waals surface area (Å²) in [6, 6.07) is 4.34. The minimum Gasteiger partial charge on any atom is -0.375 e. The smallest absolute Gasteiger partial charge is 0.160 e. The molecule has 0 aromatic carbocycles. The molecule has 1 unspecified atom stereocenters. The Morgan fingerprint density at radius 1 is 1.00 bits per heavy atom. The highest BCUT2D eigenvalue weighted by Gasteiger charge is 2.17. The molecule has 0 N–H and O–H groups in total. The first-order valence-electron chi connectivity index (χ1n) is 11.1. The lowest BCUT2D eigenvalue weighted by Gasteiger charge is -2.21. The van der Waals surface area contributed by atoms with Crippen molar-refractivity contribution < 1.29 is 4.74 Å². The summed E-state index contributed by atoms with van der Waals surface area (Å²) in [5.74, 6) is 1.64. The van der Waals surface area contributed by atoms with E-state index in [4.69, 9.17) is 14.8 Å². The summed E-state index contributed by atoms with van der Waals surface area (Å²) in [7, 11) is 1.99. The molecule has 2 fully saturated rings. The Hall–Kier alpha value is -1.66. The number of fused-ring (bicyclic) bond motifs is 1. The van der Waals surface area contributed by atoms with E-state index in [2.05, 4.69) is 28.9 Å². The van der Waals surface area contributed by atoms with E-state index in [-0.39, 0.29) is 0 Å². The zero-order chi connectivity index (χ0) is 19.3. The van der Waals surface area contributed by atoms with Gasteiger partial charge in [0.05, 0.1) is 18.9 Å². The van der Waals surface area contributed by atoms with Crippen LogP contribution in [0, 0.1) is 5.92 Å². The van der Waals surface area contributed by atoms with E-state index in [1.165, 1.54) is 51.6 Å². The largest absolute Gasteiger partial charge is 0.375 e. The molecule has 2 saturated heterocycles. The molecular weight excluding hydrogens is 350 g/mol. The molecule has 1 atom stereocenters. The number of ether oxygens (including phenoxy) is 1. The second-order valence-electron chi connectivity index (χ2n) is 8.64. The van der Waals surface area contributed by atoms with Gasteiger partial charge in [0.25, 0.3) is 0 Å². The third-order valence-corrected chi connectivity index (χ3v) is 6.09. The fourth-order valence-corrected chi connectivity index (χ4v) is 4.59. The molecule has 0 spiro atoms. The molecule has 2 aromatic rings. The molecule has 2 aromatic heterocycles. The number of aryl methyl sites for hydroxylation is 1. The average Bonchev–Trinajstić information content (AvgIpc) is 3.20. The highest BCUT2D eigenvalue weighted by atomic mass is 16.5. The molecule has 4 rings (SSSR count). The number of hydrogen-bond donors (Lipinski definition) is 0. The molecule has 6 nitrogen and oxygen atoms in total. The van der Waals surface area contributed by atoms with Crippen LogP contribution in [0.4, 0.5) is 5.82 Å². The van der Waals surface area contributed by atoms with Crippen LogP contribution in [0.15, 0.2) is 12.1 Å².